The molecule has 39 heavy (non-hydrogen) atoms. The summed E-state index contributed by atoms with van der Waals surface area (Å²) in [6.07, 6.45) is 8.04. The van der Waals surface area contributed by atoms with Gasteiger partial charge in [0.2, 0.25) is 17.4 Å². The number of benzene rings is 1. The van der Waals surface area contributed by atoms with Crippen molar-refractivity contribution < 1.29 is 55.6 Å². The molecular formula is C26H35F4NO8. The van der Waals surface area contributed by atoms with Crippen molar-refractivity contribution in [1.82, 2.24) is 5.32 Å². The van der Waals surface area contributed by atoms with Crippen LogP contribution in [0.5, 0.6) is 5.75 Å². The highest BCUT2D eigenvalue weighted by Gasteiger charge is 2.23. The summed E-state index contributed by atoms with van der Waals surface area (Å²) in [6.45, 7) is 2.14. The van der Waals surface area contributed by atoms with Crippen molar-refractivity contribution in [2.24, 2.45) is 0 Å². The second-order valence-corrected chi connectivity index (χ2v) is 8.40. The predicted molar refractivity (Wildman–Crippen MR) is 130 cm³/mol. The highest BCUT2D eigenvalue weighted by molar-refractivity contribution is 5.72. The molecule has 0 aliphatic heterocycles. The van der Waals surface area contributed by atoms with E-state index in [1.54, 1.807) is 0 Å². The molecule has 1 atom stereocenters. The number of allylic oxidation sites excluding steroid dienone is 2. The van der Waals surface area contributed by atoms with Gasteiger partial charge < -0.3 is 33.7 Å². The molecule has 0 bridgehead atoms. The Morgan fingerprint density at radius 3 is 1.97 bits per heavy atom. The van der Waals surface area contributed by atoms with Crippen molar-refractivity contribution in [3.63, 3.8) is 0 Å². The van der Waals surface area contributed by atoms with Crippen LogP contribution in [0.15, 0.2) is 18.2 Å². The van der Waals surface area contributed by atoms with Gasteiger partial charge in [0.1, 0.15) is 6.10 Å². The number of nitrogens with one attached hydrogen (secondary N) is 1. The van der Waals surface area contributed by atoms with Crippen LogP contribution in [0.4, 0.5) is 22.4 Å². The molecule has 9 nitrogen and oxygen atoms in total. The Kier molecular flexibility index (Phi) is 16.1. The van der Waals surface area contributed by atoms with E-state index in [1.165, 1.54) is 0 Å². The lowest BCUT2D eigenvalue weighted by atomic mass is 10.0. The van der Waals surface area contributed by atoms with Crippen LogP contribution in [-0.2, 0) is 28.5 Å². The molecule has 1 aromatic carbocycles. The van der Waals surface area contributed by atoms with Crippen molar-refractivity contribution >= 4 is 12.1 Å². The second kappa shape index (κ2) is 19.3. The predicted octanol–water partition coefficient (Wildman–Crippen LogP) is 4.22. The van der Waals surface area contributed by atoms with E-state index in [9.17, 15) is 27.2 Å². The van der Waals surface area contributed by atoms with Gasteiger partial charge in [-0.2, -0.15) is 8.78 Å². The minimum absolute atomic E-state index is 0.0164. The molecule has 0 fully saturated rings. The topological polar surface area (TPSA) is 102 Å². The van der Waals surface area contributed by atoms with E-state index in [2.05, 4.69) is 22.2 Å². The molecule has 13 heteroatoms. The van der Waals surface area contributed by atoms with Gasteiger partial charge >= 0.3 is 12.1 Å². The summed E-state index contributed by atoms with van der Waals surface area (Å²) in [5.74, 6) is -9.48. The summed E-state index contributed by atoms with van der Waals surface area (Å²) in [6, 6.07) is 0.0164. The molecule has 1 aromatic rings. The van der Waals surface area contributed by atoms with Crippen molar-refractivity contribution in [2.75, 3.05) is 59.4 Å². The normalized spacial score (nSPS) is 16.3. The quantitative estimate of drug-likeness (QED) is 0.0749. The summed E-state index contributed by atoms with van der Waals surface area (Å²) in [4.78, 5) is 23.5. The molecule has 0 spiro atoms. The monoisotopic (exact) mass is 565 g/mol. The van der Waals surface area contributed by atoms with E-state index in [0.717, 1.165) is 32.1 Å². The first-order valence-electron chi connectivity index (χ1n) is 12.8. The van der Waals surface area contributed by atoms with Gasteiger partial charge in [0.15, 0.2) is 11.6 Å². The molecule has 0 saturated heterocycles. The summed E-state index contributed by atoms with van der Waals surface area (Å²) < 4.78 is 84.1. The van der Waals surface area contributed by atoms with Crippen molar-refractivity contribution in [1.29, 1.82) is 0 Å². The van der Waals surface area contributed by atoms with Gasteiger partial charge in [0.25, 0.3) is 0 Å². The second-order valence-electron chi connectivity index (χ2n) is 8.40. The number of carbonyl (C=O) groups excluding carboxylic acids is 2. The van der Waals surface area contributed by atoms with Crippen LogP contribution in [0, 0.1) is 23.3 Å². The number of amides is 1. The summed E-state index contributed by atoms with van der Waals surface area (Å²) in [7, 11) is 0. The first-order chi connectivity index (χ1) is 18.9. The third-order valence-electron chi connectivity index (χ3n) is 5.36. The van der Waals surface area contributed by atoms with Crippen molar-refractivity contribution in [3.8, 4) is 5.75 Å². The van der Waals surface area contributed by atoms with Gasteiger partial charge in [-0.1, -0.05) is 12.2 Å². The van der Waals surface area contributed by atoms with Crippen LogP contribution in [0.1, 0.15) is 38.5 Å². The fraction of sp³-hybridized carbons (Fsp3) is 0.615. The summed E-state index contributed by atoms with van der Waals surface area (Å²) in [5.41, 5.74) is 0. The van der Waals surface area contributed by atoms with Gasteiger partial charge in [0, 0.05) is 12.6 Å². The van der Waals surface area contributed by atoms with Gasteiger partial charge in [-0.25, -0.2) is 13.6 Å². The first kappa shape index (κ1) is 32.5. The number of halogens is 4. The van der Waals surface area contributed by atoms with E-state index in [0.29, 0.717) is 39.6 Å². The summed E-state index contributed by atoms with van der Waals surface area (Å²) >= 11 is 0. The average molecular weight is 566 g/mol. The van der Waals surface area contributed by atoms with Crippen LogP contribution in [0.25, 0.3) is 0 Å². The maximum Gasteiger partial charge on any atom is 0.407 e. The van der Waals surface area contributed by atoms with Crippen molar-refractivity contribution in [3.05, 3.63) is 41.5 Å². The molecule has 220 valence electrons. The number of ether oxygens (including phenoxy) is 6. The zero-order chi connectivity index (χ0) is 28.3. The maximum absolute atomic E-state index is 13.5. The van der Waals surface area contributed by atoms with Gasteiger partial charge in [-0.05, 0) is 32.1 Å². The molecule has 0 radical (unpaired) electrons. The molecule has 1 aliphatic carbocycles. The minimum Gasteiger partial charge on any atom is -0.446 e. The molecule has 1 aliphatic rings. The number of rotatable bonds is 17. The largest absolute Gasteiger partial charge is 0.446 e. The van der Waals surface area contributed by atoms with E-state index in [4.69, 9.17) is 23.7 Å². The number of esters is 1. The fourth-order valence-corrected chi connectivity index (χ4v) is 3.38. The van der Waals surface area contributed by atoms with Gasteiger partial charge in [0.05, 0.1) is 59.3 Å². The van der Waals surface area contributed by atoms with Crippen LogP contribution in [-0.4, -0.2) is 77.6 Å². The number of alkyl carbamates (subject to hydrolysis) is 1. The smallest absolute Gasteiger partial charge is 0.407 e. The SMILES string of the molecule is O=C(CCOCCOCCOCCOCCNC(=O)OC1CC/C=C\CCC1)Oc1c(F)c(F)cc(F)c1F. The highest BCUT2D eigenvalue weighted by Crippen LogP contribution is 2.26. The average Bonchev–Trinajstić information content (AvgIpc) is 2.89. The Hall–Kier alpha value is -2.74. The lowest BCUT2D eigenvalue weighted by Crippen LogP contribution is -2.31. The van der Waals surface area contributed by atoms with E-state index >= 15 is 0 Å². The lowest BCUT2D eigenvalue weighted by Gasteiger charge is -2.18. The molecular weight excluding hydrogens is 530 g/mol. The third kappa shape index (κ3) is 13.8. The number of hydrogen-bond acceptors (Lipinski definition) is 8. The van der Waals surface area contributed by atoms with Crippen LogP contribution in [0.2, 0.25) is 0 Å². The van der Waals surface area contributed by atoms with E-state index < -0.39 is 47.5 Å². The Balaban J connectivity index is 1.36. The fourth-order valence-electron chi connectivity index (χ4n) is 3.38. The summed E-state index contributed by atoms with van der Waals surface area (Å²) in [5, 5.41) is 2.67. The molecule has 0 aromatic heterocycles. The zero-order valence-electron chi connectivity index (χ0n) is 21.7. The van der Waals surface area contributed by atoms with Crippen LogP contribution < -0.4 is 10.1 Å². The molecule has 0 heterocycles. The van der Waals surface area contributed by atoms with Crippen molar-refractivity contribution in [2.45, 2.75) is 44.6 Å². The zero-order valence-corrected chi connectivity index (χ0v) is 21.7. The molecule has 1 N–H and O–H groups in total. The van der Waals surface area contributed by atoms with Gasteiger partial charge in [-0.3, -0.25) is 4.79 Å². The molecule has 1 amide bonds. The highest BCUT2D eigenvalue weighted by atomic mass is 19.2. The van der Waals surface area contributed by atoms with Crippen LogP contribution in [0.3, 0.4) is 0 Å². The third-order valence-corrected chi connectivity index (χ3v) is 5.36. The minimum atomic E-state index is -1.79. The maximum atomic E-state index is 13.5. The molecule has 0 saturated carbocycles. The van der Waals surface area contributed by atoms with Gasteiger partial charge in [-0.15, -0.1) is 0 Å². The standard InChI is InChI=1S/C26H35F4NO8/c27-20-18-21(28)24(30)25(23(20)29)39-22(32)8-10-34-12-14-36-16-17-37-15-13-35-11-9-31-26(33)38-19-6-4-2-1-3-5-7-19/h1-2,18-19H,3-17H2,(H,31,33)/b2-1-. The van der Waals surface area contributed by atoms with Crippen LogP contribution >= 0.6 is 0 Å². The Bertz CT molecular complexity index is 892. The Labute approximate surface area is 224 Å². The van der Waals surface area contributed by atoms with E-state index in [1.807, 2.05) is 0 Å². The molecule has 1 unspecified atom stereocenters. The first-order valence-corrected chi connectivity index (χ1v) is 12.8. The van der Waals surface area contributed by atoms with E-state index in [-0.39, 0.29) is 32.0 Å². The number of carbonyl (C=O) groups is 2. The number of hydrogen-bond donors (Lipinski definition) is 1. The Morgan fingerprint density at radius 2 is 1.33 bits per heavy atom. The Morgan fingerprint density at radius 1 is 0.769 bits per heavy atom. The molecule has 2 rings (SSSR count). The lowest BCUT2D eigenvalue weighted by molar-refractivity contribution is -0.136.